The largest absolute Gasteiger partial charge is 0.490 e. The maximum absolute atomic E-state index is 5.77. The third kappa shape index (κ3) is 7.42. The Hall–Kier alpha value is -1.95. The quantitative estimate of drug-likeness (QED) is 0.291. The maximum Gasteiger partial charge on any atom is 0.191 e. The van der Waals surface area contributed by atoms with Crippen molar-refractivity contribution in [1.29, 1.82) is 0 Å². The first-order chi connectivity index (χ1) is 14.1. The molecule has 0 amide bonds. The molecule has 1 unspecified atom stereocenters. The maximum atomic E-state index is 5.77. The Bertz CT molecular complexity index is 644. The van der Waals surface area contributed by atoms with Gasteiger partial charge in [0, 0.05) is 26.3 Å². The van der Waals surface area contributed by atoms with Crippen LogP contribution in [0.15, 0.2) is 23.2 Å². The average molecular weight is 406 g/mol. The molecule has 0 bridgehead atoms. The van der Waals surface area contributed by atoms with E-state index < -0.39 is 0 Å². The van der Waals surface area contributed by atoms with Crippen molar-refractivity contribution in [3.8, 4) is 11.5 Å². The zero-order chi connectivity index (χ0) is 21.1. The van der Waals surface area contributed by atoms with Gasteiger partial charge in [0.15, 0.2) is 17.5 Å². The van der Waals surface area contributed by atoms with Crippen LogP contribution in [0.3, 0.4) is 0 Å². The molecule has 1 aliphatic carbocycles. The van der Waals surface area contributed by atoms with Crippen LogP contribution in [0.5, 0.6) is 11.5 Å². The van der Waals surface area contributed by atoms with Crippen LogP contribution in [0.4, 0.5) is 0 Å². The lowest BCUT2D eigenvalue weighted by atomic mass is 10.0. The molecule has 2 N–H and O–H groups in total. The second-order valence-corrected chi connectivity index (χ2v) is 7.58. The third-order valence-electron chi connectivity index (χ3n) is 5.28. The Kier molecular flexibility index (Phi) is 9.58. The Morgan fingerprint density at radius 1 is 1.07 bits per heavy atom. The highest BCUT2D eigenvalue weighted by molar-refractivity contribution is 5.80. The topological polar surface area (TPSA) is 64.1 Å². The lowest BCUT2D eigenvalue weighted by Gasteiger charge is -2.21. The normalized spacial score (nSPS) is 16.2. The van der Waals surface area contributed by atoms with E-state index in [4.69, 9.17) is 19.2 Å². The minimum Gasteiger partial charge on any atom is -0.490 e. The molecular weight excluding hydrogens is 366 g/mol. The molecule has 2 rings (SSSR count). The summed E-state index contributed by atoms with van der Waals surface area (Å²) in [6.45, 7) is 14.8. The van der Waals surface area contributed by atoms with Gasteiger partial charge in [-0.2, -0.15) is 0 Å². The van der Waals surface area contributed by atoms with Crippen LogP contribution in [-0.2, 0) is 4.74 Å². The average Bonchev–Trinajstić information content (AvgIpc) is 3.48. The summed E-state index contributed by atoms with van der Waals surface area (Å²) >= 11 is 0. The number of rotatable bonds is 13. The van der Waals surface area contributed by atoms with E-state index in [1.165, 1.54) is 12.8 Å². The summed E-state index contributed by atoms with van der Waals surface area (Å²) in [4.78, 5) is 4.88. The van der Waals surface area contributed by atoms with Crippen molar-refractivity contribution in [2.75, 3.05) is 39.5 Å². The predicted octanol–water partition coefficient (Wildman–Crippen LogP) is 4.31. The molecule has 1 saturated carbocycles. The smallest absolute Gasteiger partial charge is 0.191 e. The summed E-state index contributed by atoms with van der Waals surface area (Å²) < 4.78 is 17.0. The Balaban J connectivity index is 2.03. The van der Waals surface area contributed by atoms with Gasteiger partial charge in [-0.3, -0.25) is 4.99 Å². The first-order valence-corrected chi connectivity index (χ1v) is 11.1. The molecule has 1 aromatic carbocycles. The third-order valence-corrected chi connectivity index (χ3v) is 5.28. The van der Waals surface area contributed by atoms with Crippen molar-refractivity contribution in [3.63, 3.8) is 0 Å². The van der Waals surface area contributed by atoms with Crippen LogP contribution in [0.2, 0.25) is 0 Å². The molecule has 0 aromatic heterocycles. The van der Waals surface area contributed by atoms with Gasteiger partial charge in [0.05, 0.1) is 19.3 Å². The van der Waals surface area contributed by atoms with E-state index in [2.05, 4.69) is 36.6 Å². The molecular formula is C23H39N3O3. The summed E-state index contributed by atoms with van der Waals surface area (Å²) in [5.41, 5.74) is 1.47. The van der Waals surface area contributed by atoms with Gasteiger partial charge in [0.2, 0.25) is 0 Å². The first kappa shape index (κ1) is 23.3. The van der Waals surface area contributed by atoms with Gasteiger partial charge in [-0.15, -0.1) is 0 Å². The summed E-state index contributed by atoms with van der Waals surface area (Å²) in [5.74, 6) is 2.43. The summed E-state index contributed by atoms with van der Waals surface area (Å²) in [5, 5.41) is 6.91. The van der Waals surface area contributed by atoms with Crippen LogP contribution in [0, 0.1) is 5.41 Å². The van der Waals surface area contributed by atoms with Gasteiger partial charge in [0.25, 0.3) is 0 Å². The van der Waals surface area contributed by atoms with Gasteiger partial charge in [-0.1, -0.05) is 6.07 Å². The minimum absolute atomic E-state index is 0.0984. The lowest BCUT2D eigenvalue weighted by molar-refractivity contribution is 0.129. The van der Waals surface area contributed by atoms with Crippen molar-refractivity contribution in [3.05, 3.63) is 23.8 Å². The second kappa shape index (κ2) is 11.9. The van der Waals surface area contributed by atoms with Crippen LogP contribution in [0.25, 0.3) is 0 Å². The Morgan fingerprint density at radius 3 is 2.41 bits per heavy atom. The summed E-state index contributed by atoms with van der Waals surface area (Å²) in [7, 11) is 0. The SMILES string of the molecule is CCNC(=NCC1(CCOCC)CC1)NC(C)c1ccc(OCC)c(OCC)c1. The van der Waals surface area contributed by atoms with Gasteiger partial charge in [-0.25, -0.2) is 0 Å². The molecule has 6 nitrogen and oxygen atoms in total. The van der Waals surface area contributed by atoms with E-state index in [0.717, 1.165) is 55.7 Å². The standard InChI is InChI=1S/C23H39N3O3/c1-6-24-22(25-17-23(12-13-23)14-15-27-7-2)26-18(5)19-10-11-20(28-8-3)21(16-19)29-9-4/h10-11,16,18H,6-9,12-15,17H2,1-5H3,(H2,24,25,26). The van der Waals surface area contributed by atoms with Gasteiger partial charge >= 0.3 is 0 Å². The molecule has 1 fully saturated rings. The number of benzene rings is 1. The van der Waals surface area contributed by atoms with E-state index in [1.54, 1.807) is 0 Å². The Labute approximate surface area is 176 Å². The van der Waals surface area contributed by atoms with Crippen molar-refractivity contribution in [2.45, 2.75) is 59.9 Å². The fourth-order valence-corrected chi connectivity index (χ4v) is 3.29. The van der Waals surface area contributed by atoms with E-state index in [9.17, 15) is 0 Å². The molecule has 0 radical (unpaired) electrons. The number of aliphatic imine (C=N–C) groups is 1. The number of ether oxygens (including phenoxy) is 3. The van der Waals surface area contributed by atoms with Crippen LogP contribution in [-0.4, -0.2) is 45.5 Å². The predicted molar refractivity (Wildman–Crippen MR) is 119 cm³/mol. The van der Waals surface area contributed by atoms with E-state index in [1.807, 2.05) is 26.8 Å². The number of hydrogen-bond donors (Lipinski definition) is 2. The van der Waals surface area contributed by atoms with Crippen molar-refractivity contribution in [1.82, 2.24) is 10.6 Å². The van der Waals surface area contributed by atoms with Crippen LogP contribution in [0.1, 0.15) is 65.5 Å². The van der Waals surface area contributed by atoms with E-state index >= 15 is 0 Å². The first-order valence-electron chi connectivity index (χ1n) is 11.1. The fraction of sp³-hybridized carbons (Fsp3) is 0.696. The van der Waals surface area contributed by atoms with Gasteiger partial charge in [-0.05, 0) is 77.0 Å². The molecule has 164 valence electrons. The fourth-order valence-electron chi connectivity index (χ4n) is 3.29. The molecule has 0 heterocycles. The molecule has 6 heteroatoms. The molecule has 29 heavy (non-hydrogen) atoms. The van der Waals surface area contributed by atoms with Gasteiger partial charge < -0.3 is 24.8 Å². The van der Waals surface area contributed by atoms with E-state index in [0.29, 0.717) is 18.6 Å². The highest BCUT2D eigenvalue weighted by Gasteiger charge is 2.41. The van der Waals surface area contributed by atoms with Gasteiger partial charge in [0.1, 0.15) is 0 Å². The van der Waals surface area contributed by atoms with Crippen molar-refractivity contribution in [2.24, 2.45) is 10.4 Å². The second-order valence-electron chi connectivity index (χ2n) is 7.58. The molecule has 0 aliphatic heterocycles. The monoisotopic (exact) mass is 405 g/mol. The number of nitrogens with one attached hydrogen (secondary N) is 2. The molecule has 1 aromatic rings. The van der Waals surface area contributed by atoms with Crippen LogP contribution >= 0.6 is 0 Å². The summed E-state index contributed by atoms with van der Waals surface area (Å²) in [6, 6.07) is 6.22. The van der Waals surface area contributed by atoms with Crippen LogP contribution < -0.4 is 20.1 Å². The Morgan fingerprint density at radius 2 is 1.79 bits per heavy atom. The van der Waals surface area contributed by atoms with Crippen molar-refractivity contribution < 1.29 is 14.2 Å². The highest BCUT2D eigenvalue weighted by atomic mass is 16.5. The molecule has 0 spiro atoms. The number of guanidine groups is 1. The molecule has 1 atom stereocenters. The molecule has 0 saturated heterocycles. The zero-order valence-corrected chi connectivity index (χ0v) is 18.8. The lowest BCUT2D eigenvalue weighted by Crippen LogP contribution is -2.39. The number of hydrogen-bond acceptors (Lipinski definition) is 4. The van der Waals surface area contributed by atoms with Crippen molar-refractivity contribution >= 4 is 5.96 Å². The summed E-state index contributed by atoms with van der Waals surface area (Å²) in [6.07, 6.45) is 3.58. The zero-order valence-electron chi connectivity index (χ0n) is 18.8. The highest BCUT2D eigenvalue weighted by Crippen LogP contribution is 2.49. The molecule has 1 aliphatic rings. The number of nitrogens with zero attached hydrogens (tertiary/aromatic N) is 1. The minimum atomic E-state index is 0.0984. The van der Waals surface area contributed by atoms with E-state index in [-0.39, 0.29) is 6.04 Å².